The molecule has 0 unspecified atom stereocenters. The van der Waals surface area contributed by atoms with E-state index in [1.54, 1.807) is 0 Å². The largest absolute Gasteiger partial charge is 0.396 e. The van der Waals surface area contributed by atoms with Gasteiger partial charge in [0.1, 0.15) is 0 Å². The summed E-state index contributed by atoms with van der Waals surface area (Å²) in [6.07, 6.45) is 1.79. The minimum Gasteiger partial charge on any atom is -0.396 e. The lowest BCUT2D eigenvalue weighted by molar-refractivity contribution is 0.0465. The molecular weight excluding hydrogens is 226 g/mol. The topological polar surface area (TPSA) is 40.5 Å². The van der Waals surface area contributed by atoms with E-state index in [1.165, 1.54) is 6.07 Å². The summed E-state index contributed by atoms with van der Waals surface area (Å²) in [5.74, 6) is -1.79. The molecule has 0 aliphatic rings. The molecule has 2 N–H and O–H groups in total. The summed E-state index contributed by atoms with van der Waals surface area (Å²) in [5, 5.41) is 18.7. The average Bonchev–Trinajstić information content (AvgIpc) is 2.33. The summed E-state index contributed by atoms with van der Waals surface area (Å²) in [6.45, 7) is 1.61. The highest BCUT2D eigenvalue weighted by Crippen LogP contribution is 2.28. The van der Waals surface area contributed by atoms with Gasteiger partial charge in [-0.25, -0.2) is 8.78 Å². The first kappa shape index (κ1) is 14.1. The number of aliphatic hydroxyl groups excluding tert-OH is 2. The molecule has 0 heterocycles. The van der Waals surface area contributed by atoms with Crippen molar-refractivity contribution in [1.82, 2.24) is 0 Å². The monoisotopic (exact) mass is 244 g/mol. The first-order chi connectivity index (χ1) is 8.06. The van der Waals surface area contributed by atoms with Crippen molar-refractivity contribution in [2.75, 3.05) is 13.2 Å². The maximum atomic E-state index is 13.0. The summed E-state index contributed by atoms with van der Waals surface area (Å²) >= 11 is 0. The number of aliphatic hydroxyl groups is 2. The zero-order valence-electron chi connectivity index (χ0n) is 9.92. The highest BCUT2D eigenvalue weighted by Gasteiger charge is 2.28. The molecule has 0 fully saturated rings. The van der Waals surface area contributed by atoms with Crippen molar-refractivity contribution in [3.63, 3.8) is 0 Å². The summed E-state index contributed by atoms with van der Waals surface area (Å²) in [5.41, 5.74) is -0.0700. The molecule has 0 aliphatic carbocycles. The van der Waals surface area contributed by atoms with E-state index in [-0.39, 0.29) is 13.2 Å². The van der Waals surface area contributed by atoms with Gasteiger partial charge in [-0.1, -0.05) is 19.4 Å². The molecule has 0 saturated carbocycles. The standard InChI is InChI=1S/C13H18F2O2/c1-2-5-13(8-16,9-17)7-10-3-4-11(14)12(15)6-10/h3-4,6,16-17H,2,5,7-9H2,1H3. The van der Waals surface area contributed by atoms with Crippen LogP contribution in [0.2, 0.25) is 0 Å². The van der Waals surface area contributed by atoms with Crippen LogP contribution in [0, 0.1) is 17.0 Å². The summed E-state index contributed by atoms with van der Waals surface area (Å²) < 4.78 is 25.8. The Morgan fingerprint density at radius 3 is 2.24 bits per heavy atom. The van der Waals surface area contributed by atoms with E-state index in [0.717, 1.165) is 18.6 Å². The van der Waals surface area contributed by atoms with Crippen molar-refractivity contribution in [2.24, 2.45) is 5.41 Å². The van der Waals surface area contributed by atoms with Crippen LogP contribution in [0.4, 0.5) is 8.78 Å². The van der Waals surface area contributed by atoms with Crippen molar-refractivity contribution < 1.29 is 19.0 Å². The molecule has 0 bridgehead atoms. The number of hydrogen-bond donors (Lipinski definition) is 2. The van der Waals surface area contributed by atoms with Crippen LogP contribution in [0.3, 0.4) is 0 Å². The Morgan fingerprint density at radius 1 is 1.12 bits per heavy atom. The molecule has 1 aromatic rings. The molecule has 0 aliphatic heterocycles. The Balaban J connectivity index is 2.89. The van der Waals surface area contributed by atoms with Crippen molar-refractivity contribution in [2.45, 2.75) is 26.2 Å². The third-order valence-corrected chi connectivity index (χ3v) is 3.01. The molecule has 1 aromatic carbocycles. The second kappa shape index (κ2) is 6.07. The number of rotatable bonds is 6. The summed E-state index contributed by atoms with van der Waals surface area (Å²) in [4.78, 5) is 0. The normalized spacial score (nSPS) is 11.8. The smallest absolute Gasteiger partial charge is 0.159 e. The van der Waals surface area contributed by atoms with Gasteiger partial charge < -0.3 is 10.2 Å². The zero-order chi connectivity index (χ0) is 12.9. The molecule has 0 aromatic heterocycles. The Kier molecular flexibility index (Phi) is 5.02. The van der Waals surface area contributed by atoms with Gasteiger partial charge in [0.25, 0.3) is 0 Å². The number of benzene rings is 1. The van der Waals surface area contributed by atoms with Crippen LogP contribution in [-0.4, -0.2) is 23.4 Å². The highest BCUT2D eigenvalue weighted by atomic mass is 19.2. The predicted molar refractivity (Wildman–Crippen MR) is 61.6 cm³/mol. The molecule has 2 nitrogen and oxygen atoms in total. The van der Waals surface area contributed by atoms with Gasteiger partial charge in [-0.2, -0.15) is 0 Å². The third kappa shape index (κ3) is 3.48. The Hall–Kier alpha value is -1.00. The number of halogens is 2. The second-order valence-corrected chi connectivity index (χ2v) is 4.49. The van der Waals surface area contributed by atoms with E-state index in [0.29, 0.717) is 18.4 Å². The van der Waals surface area contributed by atoms with Crippen LogP contribution in [0.25, 0.3) is 0 Å². The average molecular weight is 244 g/mol. The Morgan fingerprint density at radius 2 is 1.76 bits per heavy atom. The Bertz CT molecular complexity index is 362. The lowest BCUT2D eigenvalue weighted by Gasteiger charge is -2.29. The number of hydrogen-bond acceptors (Lipinski definition) is 2. The van der Waals surface area contributed by atoms with E-state index in [1.807, 2.05) is 6.92 Å². The summed E-state index contributed by atoms with van der Waals surface area (Å²) in [6, 6.07) is 3.66. The van der Waals surface area contributed by atoms with E-state index in [9.17, 15) is 19.0 Å². The highest BCUT2D eigenvalue weighted by molar-refractivity contribution is 5.19. The van der Waals surface area contributed by atoms with Crippen LogP contribution in [0.1, 0.15) is 25.3 Å². The van der Waals surface area contributed by atoms with Crippen LogP contribution in [0.15, 0.2) is 18.2 Å². The lowest BCUT2D eigenvalue weighted by atomic mass is 9.79. The van der Waals surface area contributed by atoms with Gasteiger partial charge in [0.2, 0.25) is 0 Å². The van der Waals surface area contributed by atoms with Crippen LogP contribution >= 0.6 is 0 Å². The van der Waals surface area contributed by atoms with Gasteiger partial charge in [-0.3, -0.25) is 0 Å². The van der Waals surface area contributed by atoms with Crippen molar-refractivity contribution in [1.29, 1.82) is 0 Å². The summed E-state index contributed by atoms with van der Waals surface area (Å²) in [7, 11) is 0. The fraction of sp³-hybridized carbons (Fsp3) is 0.538. The lowest BCUT2D eigenvalue weighted by Crippen LogP contribution is -2.32. The SMILES string of the molecule is CCCC(CO)(CO)Cc1ccc(F)c(F)c1. The van der Waals surface area contributed by atoms with Crippen LogP contribution in [0.5, 0.6) is 0 Å². The van der Waals surface area contributed by atoms with Gasteiger partial charge in [0.15, 0.2) is 11.6 Å². The third-order valence-electron chi connectivity index (χ3n) is 3.01. The van der Waals surface area contributed by atoms with Gasteiger partial charge >= 0.3 is 0 Å². The van der Waals surface area contributed by atoms with E-state index in [4.69, 9.17) is 0 Å². The van der Waals surface area contributed by atoms with Crippen LogP contribution in [-0.2, 0) is 6.42 Å². The first-order valence-corrected chi connectivity index (χ1v) is 5.72. The zero-order valence-corrected chi connectivity index (χ0v) is 9.92. The van der Waals surface area contributed by atoms with Crippen LogP contribution < -0.4 is 0 Å². The quantitative estimate of drug-likeness (QED) is 0.806. The molecule has 0 saturated heterocycles. The molecule has 4 heteroatoms. The van der Waals surface area contributed by atoms with Crippen molar-refractivity contribution in [3.8, 4) is 0 Å². The minimum absolute atomic E-state index is 0.170. The molecule has 0 spiro atoms. The van der Waals surface area contributed by atoms with E-state index >= 15 is 0 Å². The molecule has 1 rings (SSSR count). The van der Waals surface area contributed by atoms with E-state index < -0.39 is 17.0 Å². The van der Waals surface area contributed by atoms with Crippen molar-refractivity contribution >= 4 is 0 Å². The maximum absolute atomic E-state index is 13.0. The predicted octanol–water partition coefficient (Wildman–Crippen LogP) is 2.28. The Labute approximate surface area is 99.9 Å². The minimum atomic E-state index is -0.899. The maximum Gasteiger partial charge on any atom is 0.159 e. The first-order valence-electron chi connectivity index (χ1n) is 5.72. The second-order valence-electron chi connectivity index (χ2n) is 4.49. The van der Waals surface area contributed by atoms with E-state index in [2.05, 4.69) is 0 Å². The fourth-order valence-electron chi connectivity index (χ4n) is 2.02. The molecule has 0 amide bonds. The van der Waals surface area contributed by atoms with Gasteiger partial charge in [0.05, 0.1) is 13.2 Å². The molecule has 0 radical (unpaired) electrons. The molecule has 96 valence electrons. The fourth-order valence-corrected chi connectivity index (χ4v) is 2.02. The van der Waals surface area contributed by atoms with Gasteiger partial charge in [0, 0.05) is 5.41 Å². The van der Waals surface area contributed by atoms with Gasteiger partial charge in [-0.05, 0) is 30.5 Å². The van der Waals surface area contributed by atoms with Crippen molar-refractivity contribution in [3.05, 3.63) is 35.4 Å². The molecule has 17 heavy (non-hydrogen) atoms. The molecule has 0 atom stereocenters. The molecular formula is C13H18F2O2. The van der Waals surface area contributed by atoms with Gasteiger partial charge in [-0.15, -0.1) is 0 Å².